The molecule has 2 aromatic heterocycles. The van der Waals surface area contributed by atoms with E-state index in [9.17, 15) is 0 Å². The quantitative estimate of drug-likeness (QED) is 0.609. The van der Waals surface area contributed by atoms with Crippen molar-refractivity contribution in [2.45, 2.75) is 0 Å². The zero-order valence-corrected chi connectivity index (χ0v) is 10.9. The molecule has 0 unspecified atom stereocenters. The highest BCUT2D eigenvalue weighted by molar-refractivity contribution is 8.38. The molecule has 0 saturated carbocycles. The van der Waals surface area contributed by atoms with Crippen molar-refractivity contribution in [1.82, 2.24) is 24.7 Å². The lowest BCUT2D eigenvalue weighted by Gasteiger charge is -2.01. The van der Waals surface area contributed by atoms with E-state index in [-0.39, 0.29) is 0 Å². The van der Waals surface area contributed by atoms with Crippen LogP contribution in [-0.2, 0) is 0 Å². The van der Waals surface area contributed by atoms with Crippen LogP contribution in [0.5, 0.6) is 0 Å². The van der Waals surface area contributed by atoms with Crippen LogP contribution in [-0.4, -0.2) is 41.6 Å². The van der Waals surface area contributed by atoms with Gasteiger partial charge in [-0.3, -0.25) is 0 Å². The Hall–Kier alpha value is -1.41. The summed E-state index contributed by atoms with van der Waals surface area (Å²) in [6, 6.07) is 1.76. The smallest absolute Gasteiger partial charge is 0.160 e. The molecule has 2 aromatic rings. The summed E-state index contributed by atoms with van der Waals surface area (Å²) in [6.45, 7) is 0. The number of hydrogen-bond donors (Lipinski definition) is 0. The largest absolute Gasteiger partial charge is 0.223 e. The fourth-order valence-electron chi connectivity index (χ4n) is 1.12. The molecular formula is C9H10N6S2. The molecule has 0 aromatic carbocycles. The number of thioether (sulfide) groups is 2. The van der Waals surface area contributed by atoms with Crippen LogP contribution < -0.4 is 0 Å². The van der Waals surface area contributed by atoms with Crippen molar-refractivity contribution in [3.63, 3.8) is 0 Å². The minimum atomic E-state index is 0.615. The average molecular weight is 266 g/mol. The third-order valence-electron chi connectivity index (χ3n) is 1.85. The third-order valence-corrected chi connectivity index (χ3v) is 3.73. The maximum atomic E-state index is 4.40. The van der Waals surface area contributed by atoms with Crippen LogP contribution in [0.1, 0.15) is 0 Å². The lowest BCUT2D eigenvalue weighted by molar-refractivity contribution is 0.838. The summed E-state index contributed by atoms with van der Waals surface area (Å²) in [5, 5.41) is 4.00. The Balaban J connectivity index is 2.32. The zero-order valence-electron chi connectivity index (χ0n) is 9.31. The molecule has 17 heavy (non-hydrogen) atoms. The van der Waals surface area contributed by atoms with Crippen molar-refractivity contribution < 1.29 is 0 Å². The molecule has 0 radical (unpaired) electrons. The highest BCUT2D eigenvalue weighted by Crippen LogP contribution is 2.18. The molecule has 0 aliphatic heterocycles. The Morgan fingerprint density at radius 3 is 2.71 bits per heavy atom. The second-order valence-corrected chi connectivity index (χ2v) is 4.71. The molecule has 8 heteroatoms. The minimum Gasteiger partial charge on any atom is -0.223 e. The van der Waals surface area contributed by atoms with Crippen LogP contribution in [0.4, 0.5) is 5.82 Å². The molecule has 0 fully saturated rings. The molecular weight excluding hydrogens is 256 g/mol. The van der Waals surface area contributed by atoms with Gasteiger partial charge in [0.1, 0.15) is 23.4 Å². The van der Waals surface area contributed by atoms with Gasteiger partial charge in [-0.05, 0) is 12.5 Å². The van der Waals surface area contributed by atoms with E-state index in [2.05, 4.69) is 25.0 Å². The van der Waals surface area contributed by atoms with E-state index in [1.807, 2.05) is 12.5 Å². The summed E-state index contributed by atoms with van der Waals surface area (Å²) >= 11 is 3.17. The minimum absolute atomic E-state index is 0.615. The summed E-state index contributed by atoms with van der Waals surface area (Å²) in [6.07, 6.45) is 8.47. The lowest BCUT2D eigenvalue weighted by Crippen LogP contribution is -1.98. The van der Waals surface area contributed by atoms with E-state index in [1.54, 1.807) is 40.6 Å². The van der Waals surface area contributed by atoms with E-state index in [0.29, 0.717) is 11.6 Å². The van der Waals surface area contributed by atoms with Crippen molar-refractivity contribution in [2.24, 2.45) is 4.99 Å². The second kappa shape index (κ2) is 5.78. The number of aliphatic imine (C=N–C) groups is 1. The highest BCUT2D eigenvalue weighted by atomic mass is 32.2. The summed E-state index contributed by atoms with van der Waals surface area (Å²) in [4.78, 5) is 16.5. The van der Waals surface area contributed by atoms with E-state index in [0.717, 1.165) is 4.38 Å². The number of hydrogen-bond acceptors (Lipinski definition) is 7. The Labute approximate surface area is 107 Å². The van der Waals surface area contributed by atoms with Gasteiger partial charge < -0.3 is 0 Å². The van der Waals surface area contributed by atoms with Crippen LogP contribution in [0, 0.1) is 0 Å². The van der Waals surface area contributed by atoms with E-state index in [4.69, 9.17) is 0 Å². The third kappa shape index (κ3) is 3.04. The number of nitrogens with zero attached hydrogens (tertiary/aromatic N) is 6. The van der Waals surface area contributed by atoms with Crippen molar-refractivity contribution >= 4 is 33.7 Å². The maximum Gasteiger partial charge on any atom is 0.160 e. The molecule has 0 aliphatic carbocycles. The molecule has 2 heterocycles. The molecule has 0 bridgehead atoms. The Morgan fingerprint density at radius 2 is 2.06 bits per heavy atom. The van der Waals surface area contributed by atoms with Crippen LogP contribution in [0.15, 0.2) is 30.0 Å². The first kappa shape index (κ1) is 12.1. The molecule has 0 spiro atoms. The van der Waals surface area contributed by atoms with Crippen LogP contribution in [0.25, 0.3) is 5.82 Å². The average Bonchev–Trinajstić information content (AvgIpc) is 2.90. The molecule has 0 N–H and O–H groups in total. The van der Waals surface area contributed by atoms with Gasteiger partial charge in [0.05, 0.1) is 0 Å². The van der Waals surface area contributed by atoms with Gasteiger partial charge in [-0.2, -0.15) is 5.10 Å². The number of rotatable bonds is 2. The summed E-state index contributed by atoms with van der Waals surface area (Å²) in [7, 11) is 0. The van der Waals surface area contributed by atoms with Crippen molar-refractivity contribution in [3.8, 4) is 5.82 Å². The van der Waals surface area contributed by atoms with E-state index < -0.39 is 0 Å². The zero-order chi connectivity index (χ0) is 12.1. The summed E-state index contributed by atoms with van der Waals surface area (Å²) < 4.78 is 2.52. The molecule has 88 valence electrons. The molecule has 6 nitrogen and oxygen atoms in total. The Bertz CT molecular complexity index is 504. The van der Waals surface area contributed by atoms with Crippen molar-refractivity contribution in [1.29, 1.82) is 0 Å². The lowest BCUT2D eigenvalue weighted by atomic mass is 10.5. The maximum absolute atomic E-state index is 4.40. The second-order valence-electron chi connectivity index (χ2n) is 2.86. The molecule has 0 amide bonds. The Morgan fingerprint density at radius 1 is 1.24 bits per heavy atom. The first-order valence-corrected chi connectivity index (χ1v) is 7.12. The van der Waals surface area contributed by atoms with E-state index in [1.165, 1.54) is 12.7 Å². The van der Waals surface area contributed by atoms with Crippen LogP contribution in [0.2, 0.25) is 0 Å². The Kier molecular flexibility index (Phi) is 4.10. The monoisotopic (exact) mass is 266 g/mol. The topological polar surface area (TPSA) is 68.8 Å². The number of aromatic nitrogens is 5. The normalized spacial score (nSPS) is 10.2. The predicted molar refractivity (Wildman–Crippen MR) is 71.1 cm³/mol. The highest BCUT2D eigenvalue weighted by Gasteiger charge is 2.02. The van der Waals surface area contributed by atoms with Gasteiger partial charge in [0.25, 0.3) is 0 Å². The van der Waals surface area contributed by atoms with Crippen molar-refractivity contribution in [2.75, 3.05) is 12.5 Å². The van der Waals surface area contributed by atoms with Crippen molar-refractivity contribution in [3.05, 3.63) is 25.0 Å². The van der Waals surface area contributed by atoms with Gasteiger partial charge in [0.15, 0.2) is 11.6 Å². The van der Waals surface area contributed by atoms with Gasteiger partial charge in [0.2, 0.25) is 0 Å². The molecule has 0 saturated heterocycles. The predicted octanol–water partition coefficient (Wildman–Crippen LogP) is 1.77. The van der Waals surface area contributed by atoms with Gasteiger partial charge in [-0.15, -0.1) is 23.5 Å². The van der Waals surface area contributed by atoms with Gasteiger partial charge in [-0.1, -0.05) is 0 Å². The van der Waals surface area contributed by atoms with Crippen LogP contribution >= 0.6 is 23.5 Å². The fraction of sp³-hybridized carbons (Fsp3) is 0.222. The van der Waals surface area contributed by atoms with E-state index >= 15 is 0 Å². The summed E-state index contributed by atoms with van der Waals surface area (Å²) in [5.74, 6) is 1.27. The first-order valence-electron chi connectivity index (χ1n) is 4.67. The van der Waals surface area contributed by atoms with Crippen LogP contribution in [0.3, 0.4) is 0 Å². The molecule has 2 rings (SSSR count). The standard InChI is InChI=1S/C9H10N6S2/c1-16-9(17-2)14-7-3-8(12-5-11-7)15-6-10-4-13-15/h3-6H,1-2H3. The molecule has 0 aliphatic rings. The summed E-state index contributed by atoms with van der Waals surface area (Å²) in [5.41, 5.74) is 0. The fourth-order valence-corrected chi connectivity index (χ4v) is 2.15. The van der Waals surface area contributed by atoms with Gasteiger partial charge in [-0.25, -0.2) is 24.6 Å². The SMILES string of the molecule is CSC(=Nc1cc(-n2cncn2)ncn1)SC. The van der Waals surface area contributed by atoms with Gasteiger partial charge >= 0.3 is 0 Å². The molecule has 0 atom stereocenters. The first-order chi connectivity index (χ1) is 8.33. The van der Waals surface area contributed by atoms with Gasteiger partial charge in [0, 0.05) is 6.07 Å².